The molecule has 0 unspecified atom stereocenters. The van der Waals surface area contributed by atoms with E-state index in [9.17, 15) is 9.59 Å². The van der Waals surface area contributed by atoms with Gasteiger partial charge in [0.05, 0.1) is 5.75 Å². The van der Waals surface area contributed by atoms with Gasteiger partial charge >= 0.3 is 0 Å². The van der Waals surface area contributed by atoms with E-state index in [4.69, 9.17) is 0 Å². The van der Waals surface area contributed by atoms with Crippen LogP contribution in [0, 0.1) is 0 Å². The Morgan fingerprint density at radius 1 is 0.933 bits per heavy atom. The number of carbonyl (C=O) groups excluding carboxylic acids is 2. The van der Waals surface area contributed by atoms with Gasteiger partial charge in [-0.05, 0) is 43.3 Å². The molecule has 4 aromatic rings. The van der Waals surface area contributed by atoms with Crippen molar-refractivity contribution in [1.82, 2.24) is 19.5 Å². The third-order valence-corrected chi connectivity index (χ3v) is 5.29. The molecule has 0 radical (unpaired) electrons. The molecule has 4 rings (SSSR count). The van der Waals surface area contributed by atoms with Crippen LogP contribution in [0.25, 0.3) is 11.4 Å². The molecule has 2 aromatic heterocycles. The summed E-state index contributed by atoms with van der Waals surface area (Å²) in [5, 5.41) is 12.1. The summed E-state index contributed by atoms with van der Waals surface area (Å²) in [5.41, 5.74) is 2.18. The van der Waals surface area contributed by atoms with Crippen molar-refractivity contribution < 1.29 is 9.59 Å². The number of rotatable bonds is 7. The number of ketones is 1. The Morgan fingerprint density at radius 2 is 1.63 bits per heavy atom. The van der Waals surface area contributed by atoms with Crippen molar-refractivity contribution in [3.8, 4) is 11.4 Å². The summed E-state index contributed by atoms with van der Waals surface area (Å²) in [4.78, 5) is 23.8. The summed E-state index contributed by atoms with van der Waals surface area (Å²) in [6, 6.07) is 20.4. The number of anilines is 1. The second-order valence-corrected chi connectivity index (χ2v) is 7.46. The molecule has 0 aliphatic carbocycles. The summed E-state index contributed by atoms with van der Waals surface area (Å²) in [6.45, 7) is 1.51. The smallest absolute Gasteiger partial charge is 0.234 e. The predicted molar refractivity (Wildman–Crippen MR) is 116 cm³/mol. The van der Waals surface area contributed by atoms with Gasteiger partial charge in [0, 0.05) is 29.2 Å². The zero-order valence-electron chi connectivity index (χ0n) is 16.2. The van der Waals surface area contributed by atoms with Crippen LogP contribution in [0.4, 0.5) is 5.69 Å². The summed E-state index contributed by atoms with van der Waals surface area (Å²) in [7, 11) is 0. The van der Waals surface area contributed by atoms with Crippen molar-refractivity contribution in [2.75, 3.05) is 11.1 Å². The number of nitrogens with zero attached hydrogens (tertiary/aromatic N) is 4. The number of hydrogen-bond donors (Lipinski definition) is 1. The highest BCUT2D eigenvalue weighted by atomic mass is 32.2. The van der Waals surface area contributed by atoms with Gasteiger partial charge in [0.25, 0.3) is 0 Å². The monoisotopic (exact) mass is 417 g/mol. The van der Waals surface area contributed by atoms with Crippen LogP contribution < -0.4 is 5.32 Å². The quantitative estimate of drug-likeness (QED) is 0.363. The Hall–Kier alpha value is -3.65. The minimum Gasteiger partial charge on any atom is -0.325 e. The molecule has 0 atom stereocenters. The van der Waals surface area contributed by atoms with Gasteiger partial charge in [0.1, 0.15) is 0 Å². The van der Waals surface area contributed by atoms with Crippen LogP contribution in [0.1, 0.15) is 17.3 Å². The lowest BCUT2D eigenvalue weighted by molar-refractivity contribution is -0.113. The van der Waals surface area contributed by atoms with E-state index >= 15 is 0 Å². The number of hydrogen-bond acceptors (Lipinski definition) is 5. The molecule has 2 aromatic carbocycles. The van der Waals surface area contributed by atoms with Crippen molar-refractivity contribution in [3.05, 3.63) is 84.7 Å². The van der Waals surface area contributed by atoms with Gasteiger partial charge in [0.15, 0.2) is 11.6 Å². The van der Waals surface area contributed by atoms with Gasteiger partial charge in [-0.1, -0.05) is 42.1 Å². The summed E-state index contributed by atoms with van der Waals surface area (Å²) in [5.74, 6) is 0.679. The first-order valence-corrected chi connectivity index (χ1v) is 10.3. The van der Waals surface area contributed by atoms with Crippen molar-refractivity contribution in [3.63, 3.8) is 0 Å². The van der Waals surface area contributed by atoms with Gasteiger partial charge in [-0.2, -0.15) is 0 Å². The zero-order chi connectivity index (χ0) is 20.9. The van der Waals surface area contributed by atoms with Gasteiger partial charge in [0.2, 0.25) is 11.1 Å². The molecule has 1 N–H and O–H groups in total. The molecule has 8 heteroatoms. The van der Waals surface area contributed by atoms with Gasteiger partial charge in [-0.15, -0.1) is 10.2 Å². The molecular formula is C22H19N5O2S. The van der Waals surface area contributed by atoms with Crippen LogP contribution in [0.3, 0.4) is 0 Å². The Morgan fingerprint density at radius 3 is 2.30 bits per heavy atom. The van der Waals surface area contributed by atoms with Gasteiger partial charge < -0.3 is 5.32 Å². The van der Waals surface area contributed by atoms with E-state index in [0.717, 1.165) is 5.56 Å². The minimum atomic E-state index is -0.168. The van der Waals surface area contributed by atoms with Gasteiger partial charge in [-0.3, -0.25) is 14.3 Å². The second-order valence-electron chi connectivity index (χ2n) is 6.52. The van der Waals surface area contributed by atoms with Crippen LogP contribution in [0.2, 0.25) is 0 Å². The summed E-state index contributed by atoms with van der Waals surface area (Å²) < 4.78 is 3.75. The maximum Gasteiger partial charge on any atom is 0.234 e. The van der Waals surface area contributed by atoms with E-state index in [1.165, 1.54) is 18.7 Å². The van der Waals surface area contributed by atoms with Crippen LogP contribution in [0.15, 0.2) is 84.3 Å². The molecule has 1 amide bonds. The molecule has 2 heterocycles. The summed E-state index contributed by atoms with van der Waals surface area (Å²) >= 11 is 1.30. The van der Waals surface area contributed by atoms with Crippen molar-refractivity contribution >= 4 is 29.1 Å². The lowest BCUT2D eigenvalue weighted by Gasteiger charge is -2.11. The topological polar surface area (TPSA) is 81.8 Å². The average Bonchev–Trinajstić information content (AvgIpc) is 3.43. The van der Waals surface area contributed by atoms with E-state index in [1.54, 1.807) is 24.3 Å². The third-order valence-electron chi connectivity index (χ3n) is 4.37. The summed E-state index contributed by atoms with van der Waals surface area (Å²) in [6.07, 6.45) is 3.80. The SMILES string of the molecule is CC(=O)c1ccc(NC(=O)CSc2nnc(-c3ccccc3)n2-n2cccc2)cc1. The maximum atomic E-state index is 12.4. The molecule has 0 aliphatic heterocycles. The number of aromatic nitrogens is 4. The fourth-order valence-corrected chi connectivity index (χ4v) is 3.64. The van der Waals surface area contributed by atoms with E-state index in [1.807, 2.05) is 64.2 Å². The Labute approximate surface area is 177 Å². The van der Waals surface area contributed by atoms with Crippen molar-refractivity contribution in [2.24, 2.45) is 0 Å². The molecule has 0 fully saturated rings. The number of thioether (sulfide) groups is 1. The van der Waals surface area contributed by atoms with Crippen LogP contribution in [0.5, 0.6) is 0 Å². The molecule has 0 bridgehead atoms. The van der Waals surface area contributed by atoms with E-state index in [2.05, 4.69) is 15.5 Å². The van der Waals surface area contributed by atoms with E-state index in [0.29, 0.717) is 22.2 Å². The number of carbonyl (C=O) groups is 2. The predicted octanol–water partition coefficient (Wildman–Crippen LogP) is 3.99. The average molecular weight is 417 g/mol. The molecule has 0 saturated heterocycles. The number of Topliss-reactive ketones (excluding diaryl/α,β-unsaturated/α-hetero) is 1. The molecular weight excluding hydrogens is 398 g/mol. The largest absolute Gasteiger partial charge is 0.325 e. The molecule has 7 nitrogen and oxygen atoms in total. The Balaban J connectivity index is 1.50. The lowest BCUT2D eigenvalue weighted by atomic mass is 10.1. The van der Waals surface area contributed by atoms with Crippen LogP contribution >= 0.6 is 11.8 Å². The standard InChI is InChI=1S/C22H19N5O2S/c1-16(28)17-9-11-19(12-10-17)23-20(29)15-30-22-25-24-21(18-7-3-2-4-8-18)27(22)26-13-5-6-14-26/h2-14H,15H2,1H3,(H,23,29). The first-order valence-electron chi connectivity index (χ1n) is 9.30. The fourth-order valence-electron chi connectivity index (χ4n) is 2.91. The molecule has 30 heavy (non-hydrogen) atoms. The number of amides is 1. The van der Waals surface area contributed by atoms with Crippen LogP contribution in [-0.2, 0) is 4.79 Å². The number of nitrogens with one attached hydrogen (secondary N) is 1. The first-order chi connectivity index (χ1) is 14.6. The lowest BCUT2D eigenvalue weighted by Crippen LogP contribution is -2.16. The highest BCUT2D eigenvalue weighted by molar-refractivity contribution is 7.99. The molecule has 0 spiro atoms. The van der Waals surface area contributed by atoms with Crippen molar-refractivity contribution in [1.29, 1.82) is 0 Å². The minimum absolute atomic E-state index is 0.0120. The molecule has 0 aliphatic rings. The third kappa shape index (κ3) is 4.33. The fraction of sp³-hybridized carbons (Fsp3) is 0.0909. The second kappa shape index (κ2) is 8.79. The Bertz CT molecular complexity index is 1150. The normalized spacial score (nSPS) is 10.7. The zero-order valence-corrected chi connectivity index (χ0v) is 17.0. The van der Waals surface area contributed by atoms with E-state index in [-0.39, 0.29) is 17.4 Å². The number of benzene rings is 2. The highest BCUT2D eigenvalue weighted by Crippen LogP contribution is 2.24. The maximum absolute atomic E-state index is 12.4. The van der Waals surface area contributed by atoms with E-state index < -0.39 is 0 Å². The first kappa shape index (κ1) is 19.7. The molecule has 0 saturated carbocycles. The van der Waals surface area contributed by atoms with Crippen molar-refractivity contribution in [2.45, 2.75) is 12.1 Å². The van der Waals surface area contributed by atoms with Gasteiger partial charge in [-0.25, -0.2) is 4.68 Å². The Kier molecular flexibility index (Phi) is 5.76. The molecule has 150 valence electrons. The van der Waals surface area contributed by atoms with Crippen LogP contribution in [-0.4, -0.2) is 37.0 Å². The highest BCUT2D eigenvalue weighted by Gasteiger charge is 2.17.